The summed E-state index contributed by atoms with van der Waals surface area (Å²) < 4.78 is 5.22. The van der Waals surface area contributed by atoms with Crippen LogP contribution in [0.1, 0.15) is 24.0 Å². The molecule has 1 saturated heterocycles. The fourth-order valence-electron chi connectivity index (χ4n) is 5.25. The molecule has 6 heteroatoms. The third kappa shape index (κ3) is 4.31. The van der Waals surface area contributed by atoms with Gasteiger partial charge in [0.2, 0.25) is 5.91 Å². The molecule has 4 aromatic rings. The average molecular weight is 477 g/mol. The predicted octanol–water partition coefficient (Wildman–Crippen LogP) is 5.58. The van der Waals surface area contributed by atoms with E-state index in [0.29, 0.717) is 0 Å². The third-order valence-electron chi connectivity index (χ3n) is 7.29. The number of hydrogen-bond acceptors (Lipinski definition) is 5. The van der Waals surface area contributed by atoms with Crippen molar-refractivity contribution in [3.63, 3.8) is 0 Å². The van der Waals surface area contributed by atoms with Gasteiger partial charge in [0.15, 0.2) is 5.82 Å². The van der Waals surface area contributed by atoms with Gasteiger partial charge < -0.3 is 15.0 Å². The van der Waals surface area contributed by atoms with E-state index in [1.807, 2.05) is 42.5 Å². The topological polar surface area (TPSA) is 67.3 Å². The average Bonchev–Trinajstić information content (AvgIpc) is 3.31. The fraction of sp³-hybridized carbons (Fsp3) is 0.233. The van der Waals surface area contributed by atoms with E-state index in [2.05, 4.69) is 56.8 Å². The molecule has 180 valence electrons. The highest BCUT2D eigenvalue weighted by molar-refractivity contribution is 5.93. The largest absolute Gasteiger partial charge is 0.497 e. The molecule has 0 atom stereocenters. The molecule has 1 N–H and O–H groups in total. The lowest BCUT2D eigenvalue weighted by atomic mass is 9.95. The molecule has 0 radical (unpaired) electrons. The summed E-state index contributed by atoms with van der Waals surface area (Å²) in [6.07, 6.45) is 2.51. The highest BCUT2D eigenvalue weighted by Gasteiger charge is 2.26. The van der Waals surface area contributed by atoms with Crippen LogP contribution in [-0.4, -0.2) is 36.3 Å². The number of rotatable bonds is 5. The number of methoxy groups -OCH3 is 1. The standard InChI is InChI=1S/C30H28N4O2/c1-36-25-9-6-20(7-10-25)28-12-13-29(33-32-28)34-16-14-21(15-17-34)30(35)31-24-8-11-27-23(19-24)18-22-4-2-3-5-26(22)27/h2-13,19,21H,14-18H2,1H3,(H,31,35). The van der Waals surface area contributed by atoms with E-state index in [-0.39, 0.29) is 11.8 Å². The Hall–Kier alpha value is -4.19. The molecular weight excluding hydrogens is 448 g/mol. The Kier molecular flexibility index (Phi) is 5.85. The van der Waals surface area contributed by atoms with Crippen molar-refractivity contribution in [2.75, 3.05) is 30.4 Å². The van der Waals surface area contributed by atoms with Crippen LogP contribution in [-0.2, 0) is 11.2 Å². The summed E-state index contributed by atoms with van der Waals surface area (Å²) in [5.41, 5.74) is 7.92. The maximum atomic E-state index is 13.0. The molecule has 36 heavy (non-hydrogen) atoms. The van der Waals surface area contributed by atoms with Crippen LogP contribution in [0.4, 0.5) is 11.5 Å². The number of hydrogen-bond donors (Lipinski definition) is 1. The van der Waals surface area contributed by atoms with E-state index in [4.69, 9.17) is 4.74 Å². The van der Waals surface area contributed by atoms with Crippen molar-refractivity contribution in [2.45, 2.75) is 19.3 Å². The van der Waals surface area contributed by atoms with Gasteiger partial charge in [0, 0.05) is 30.3 Å². The number of benzene rings is 3. The first-order valence-electron chi connectivity index (χ1n) is 12.4. The molecular formula is C30H28N4O2. The minimum absolute atomic E-state index is 0.00164. The van der Waals surface area contributed by atoms with Crippen molar-refractivity contribution in [3.05, 3.63) is 90.0 Å². The monoisotopic (exact) mass is 476 g/mol. The number of ether oxygens (including phenoxy) is 1. The van der Waals surface area contributed by atoms with Crippen molar-refractivity contribution in [2.24, 2.45) is 5.92 Å². The van der Waals surface area contributed by atoms with Crippen LogP contribution in [0.25, 0.3) is 22.4 Å². The smallest absolute Gasteiger partial charge is 0.227 e. The van der Waals surface area contributed by atoms with Crippen LogP contribution in [0.15, 0.2) is 78.9 Å². The summed E-state index contributed by atoms with van der Waals surface area (Å²) in [4.78, 5) is 15.2. The summed E-state index contributed by atoms with van der Waals surface area (Å²) in [5.74, 6) is 1.77. The van der Waals surface area contributed by atoms with Crippen LogP contribution >= 0.6 is 0 Å². The number of carbonyl (C=O) groups is 1. The number of anilines is 2. The Morgan fingerprint density at radius 1 is 0.889 bits per heavy atom. The zero-order valence-electron chi connectivity index (χ0n) is 20.3. The minimum Gasteiger partial charge on any atom is -0.497 e. The van der Waals surface area contributed by atoms with Gasteiger partial charge in [-0.3, -0.25) is 4.79 Å². The van der Waals surface area contributed by atoms with Crippen molar-refractivity contribution >= 4 is 17.4 Å². The van der Waals surface area contributed by atoms with Gasteiger partial charge in [0.1, 0.15) is 5.75 Å². The highest BCUT2D eigenvalue weighted by Crippen LogP contribution is 2.37. The molecule has 6 nitrogen and oxygen atoms in total. The number of fused-ring (bicyclic) bond motifs is 3. The molecule has 0 spiro atoms. The summed E-state index contributed by atoms with van der Waals surface area (Å²) in [6, 6.07) is 26.6. The maximum absolute atomic E-state index is 13.0. The van der Waals surface area contributed by atoms with E-state index in [9.17, 15) is 4.79 Å². The molecule has 1 aromatic heterocycles. The van der Waals surface area contributed by atoms with E-state index < -0.39 is 0 Å². The van der Waals surface area contributed by atoms with E-state index in [0.717, 1.165) is 60.9 Å². The molecule has 1 aliphatic carbocycles. The normalized spacial score (nSPS) is 14.8. The van der Waals surface area contributed by atoms with Crippen LogP contribution in [0.3, 0.4) is 0 Å². The minimum atomic E-state index is -0.00164. The van der Waals surface area contributed by atoms with E-state index in [1.54, 1.807) is 7.11 Å². The Labute approximate surface area is 211 Å². The molecule has 0 bridgehead atoms. The molecule has 3 aromatic carbocycles. The summed E-state index contributed by atoms with van der Waals surface area (Å²) in [6.45, 7) is 1.57. The molecule has 1 aliphatic heterocycles. The SMILES string of the molecule is COc1ccc(-c2ccc(N3CCC(C(=O)Nc4ccc5c(c4)Cc4ccccc4-5)CC3)nn2)cc1. The van der Waals surface area contributed by atoms with Gasteiger partial charge >= 0.3 is 0 Å². The Bertz CT molecular complexity index is 1390. The van der Waals surface area contributed by atoms with Gasteiger partial charge in [-0.2, -0.15) is 0 Å². The maximum Gasteiger partial charge on any atom is 0.227 e. The molecule has 2 aliphatic rings. The lowest BCUT2D eigenvalue weighted by molar-refractivity contribution is -0.120. The lowest BCUT2D eigenvalue weighted by Crippen LogP contribution is -2.38. The quantitative estimate of drug-likeness (QED) is 0.359. The third-order valence-corrected chi connectivity index (χ3v) is 7.29. The van der Waals surface area contributed by atoms with Gasteiger partial charge in [-0.15, -0.1) is 10.2 Å². The van der Waals surface area contributed by atoms with Crippen molar-refractivity contribution in [1.82, 2.24) is 10.2 Å². The van der Waals surface area contributed by atoms with Crippen LogP contribution < -0.4 is 15.0 Å². The number of nitrogens with one attached hydrogen (secondary N) is 1. The molecule has 0 saturated carbocycles. The second-order valence-electron chi connectivity index (χ2n) is 9.46. The Morgan fingerprint density at radius 2 is 1.67 bits per heavy atom. The molecule has 6 rings (SSSR count). The predicted molar refractivity (Wildman–Crippen MR) is 142 cm³/mol. The summed E-state index contributed by atoms with van der Waals surface area (Å²) in [7, 11) is 1.66. The summed E-state index contributed by atoms with van der Waals surface area (Å²) >= 11 is 0. The zero-order valence-corrected chi connectivity index (χ0v) is 20.3. The number of carbonyl (C=O) groups excluding carboxylic acids is 1. The van der Waals surface area contributed by atoms with E-state index in [1.165, 1.54) is 22.3 Å². The molecule has 2 heterocycles. The number of amides is 1. The summed E-state index contributed by atoms with van der Waals surface area (Å²) in [5, 5.41) is 12.0. The molecule has 1 amide bonds. The van der Waals surface area contributed by atoms with Crippen LogP contribution in [0.5, 0.6) is 5.75 Å². The number of aromatic nitrogens is 2. The Balaban J connectivity index is 1.05. The first-order chi connectivity index (χ1) is 17.7. The first-order valence-corrected chi connectivity index (χ1v) is 12.4. The zero-order chi connectivity index (χ0) is 24.5. The fourth-order valence-corrected chi connectivity index (χ4v) is 5.25. The van der Waals surface area contributed by atoms with Crippen LogP contribution in [0, 0.1) is 5.92 Å². The highest BCUT2D eigenvalue weighted by atomic mass is 16.5. The Morgan fingerprint density at radius 3 is 2.42 bits per heavy atom. The first kappa shape index (κ1) is 22.3. The number of nitrogens with zero attached hydrogens (tertiary/aromatic N) is 3. The molecule has 0 unspecified atom stereocenters. The second kappa shape index (κ2) is 9.46. The molecule has 1 fully saturated rings. The van der Waals surface area contributed by atoms with Gasteiger partial charge in [0.25, 0.3) is 0 Å². The van der Waals surface area contributed by atoms with Crippen molar-refractivity contribution in [3.8, 4) is 28.1 Å². The second-order valence-corrected chi connectivity index (χ2v) is 9.46. The van der Waals surface area contributed by atoms with Gasteiger partial charge in [-0.05, 0) is 90.0 Å². The van der Waals surface area contributed by atoms with Gasteiger partial charge in [0.05, 0.1) is 12.8 Å². The van der Waals surface area contributed by atoms with Gasteiger partial charge in [-0.25, -0.2) is 0 Å². The van der Waals surface area contributed by atoms with E-state index >= 15 is 0 Å². The van der Waals surface area contributed by atoms with Crippen LogP contribution in [0.2, 0.25) is 0 Å². The number of piperidine rings is 1. The lowest BCUT2D eigenvalue weighted by Gasteiger charge is -2.31. The van der Waals surface area contributed by atoms with Crippen molar-refractivity contribution in [1.29, 1.82) is 0 Å². The van der Waals surface area contributed by atoms with Crippen molar-refractivity contribution < 1.29 is 9.53 Å². The van der Waals surface area contributed by atoms with Gasteiger partial charge in [-0.1, -0.05) is 30.3 Å².